The summed E-state index contributed by atoms with van der Waals surface area (Å²) in [6, 6.07) is 13.2. The molecule has 0 unspecified atom stereocenters. The number of non-ortho nitro benzene ring substituents is 1. The number of para-hydroxylation sites is 1. The molecular formula is C16H16N2O4. The van der Waals surface area contributed by atoms with Gasteiger partial charge in [-0.25, -0.2) is 0 Å². The van der Waals surface area contributed by atoms with Crippen molar-refractivity contribution in [1.82, 2.24) is 0 Å². The number of hydrogen-bond donors (Lipinski definition) is 1. The Balaban J connectivity index is 1.91. The summed E-state index contributed by atoms with van der Waals surface area (Å²) in [6.45, 7) is 1.90. The summed E-state index contributed by atoms with van der Waals surface area (Å²) in [5.41, 5.74) is 1.50. The molecule has 0 heterocycles. The Hall–Kier alpha value is -2.89. The van der Waals surface area contributed by atoms with E-state index < -0.39 is 4.92 Å². The van der Waals surface area contributed by atoms with Crippen molar-refractivity contribution in [2.45, 2.75) is 13.3 Å². The highest BCUT2D eigenvalue weighted by Gasteiger charge is 2.08. The van der Waals surface area contributed by atoms with Gasteiger partial charge in [0, 0.05) is 17.8 Å². The Morgan fingerprint density at radius 3 is 2.50 bits per heavy atom. The fourth-order valence-corrected chi connectivity index (χ4v) is 1.94. The summed E-state index contributed by atoms with van der Waals surface area (Å²) < 4.78 is 5.50. The lowest BCUT2D eigenvalue weighted by atomic mass is 10.1. The molecule has 0 fully saturated rings. The number of ether oxygens (including phenoxy) is 1. The molecule has 0 saturated heterocycles. The molecule has 0 saturated carbocycles. The van der Waals surface area contributed by atoms with Gasteiger partial charge in [-0.3, -0.25) is 14.9 Å². The number of hydrogen-bond acceptors (Lipinski definition) is 4. The zero-order valence-electron chi connectivity index (χ0n) is 12.1. The van der Waals surface area contributed by atoms with E-state index in [4.69, 9.17) is 4.74 Å². The molecule has 0 spiro atoms. The molecule has 0 aliphatic heterocycles. The summed E-state index contributed by atoms with van der Waals surface area (Å²) in [6.07, 6.45) is 0.820. The molecule has 1 amide bonds. The first-order valence-corrected chi connectivity index (χ1v) is 6.85. The Bertz CT molecular complexity index is 668. The van der Waals surface area contributed by atoms with E-state index in [1.165, 1.54) is 24.3 Å². The number of carbonyl (C=O) groups is 1. The van der Waals surface area contributed by atoms with E-state index in [9.17, 15) is 14.9 Å². The average molecular weight is 300 g/mol. The van der Waals surface area contributed by atoms with Gasteiger partial charge in [0.1, 0.15) is 5.75 Å². The van der Waals surface area contributed by atoms with Crippen LogP contribution in [0.15, 0.2) is 48.5 Å². The van der Waals surface area contributed by atoms with Crippen LogP contribution in [0.2, 0.25) is 0 Å². The average Bonchev–Trinajstić information content (AvgIpc) is 2.53. The zero-order valence-corrected chi connectivity index (χ0v) is 12.1. The lowest BCUT2D eigenvalue weighted by Crippen LogP contribution is -2.20. The van der Waals surface area contributed by atoms with E-state index in [0.717, 1.165) is 12.0 Å². The molecule has 0 aromatic heterocycles. The van der Waals surface area contributed by atoms with Crippen LogP contribution in [-0.4, -0.2) is 17.4 Å². The summed E-state index contributed by atoms with van der Waals surface area (Å²) in [7, 11) is 0. The third-order valence-electron chi connectivity index (χ3n) is 3.07. The standard InChI is InChI=1S/C16H16N2O4/c1-2-12-5-3-4-6-15(12)22-11-16(19)17-13-7-9-14(10-8-13)18(20)21/h3-10H,2,11H2,1H3,(H,17,19). The maximum absolute atomic E-state index is 11.8. The molecule has 2 aromatic carbocycles. The van der Waals surface area contributed by atoms with Crippen LogP contribution in [0.4, 0.5) is 11.4 Å². The molecule has 2 aromatic rings. The second-order valence-electron chi connectivity index (χ2n) is 4.60. The predicted molar refractivity (Wildman–Crippen MR) is 83.0 cm³/mol. The van der Waals surface area contributed by atoms with Crippen molar-refractivity contribution in [3.8, 4) is 5.75 Å². The van der Waals surface area contributed by atoms with E-state index >= 15 is 0 Å². The van der Waals surface area contributed by atoms with Gasteiger partial charge < -0.3 is 10.1 Å². The van der Waals surface area contributed by atoms with Crippen LogP contribution in [0.25, 0.3) is 0 Å². The van der Waals surface area contributed by atoms with Crippen molar-refractivity contribution in [2.75, 3.05) is 11.9 Å². The number of amides is 1. The van der Waals surface area contributed by atoms with Gasteiger partial charge in [-0.1, -0.05) is 25.1 Å². The molecule has 22 heavy (non-hydrogen) atoms. The molecule has 114 valence electrons. The van der Waals surface area contributed by atoms with Crippen molar-refractivity contribution >= 4 is 17.3 Å². The molecule has 0 aliphatic rings. The van der Waals surface area contributed by atoms with Gasteiger partial charge in [0.2, 0.25) is 0 Å². The van der Waals surface area contributed by atoms with Crippen LogP contribution in [0.3, 0.4) is 0 Å². The third kappa shape index (κ3) is 4.05. The fraction of sp³-hybridized carbons (Fsp3) is 0.188. The van der Waals surface area contributed by atoms with Crippen molar-refractivity contribution < 1.29 is 14.5 Å². The summed E-state index contributed by atoms with van der Waals surface area (Å²) in [4.78, 5) is 21.9. The highest BCUT2D eigenvalue weighted by molar-refractivity contribution is 5.91. The number of anilines is 1. The van der Waals surface area contributed by atoms with Gasteiger partial charge in [0.15, 0.2) is 6.61 Å². The van der Waals surface area contributed by atoms with E-state index in [1.54, 1.807) is 0 Å². The first-order chi connectivity index (χ1) is 10.6. The monoisotopic (exact) mass is 300 g/mol. The summed E-state index contributed by atoms with van der Waals surface area (Å²) in [5, 5.41) is 13.2. The van der Waals surface area contributed by atoms with Crippen LogP contribution in [0.1, 0.15) is 12.5 Å². The quantitative estimate of drug-likeness (QED) is 0.656. The predicted octanol–water partition coefficient (Wildman–Crippen LogP) is 3.17. The molecule has 0 radical (unpaired) electrons. The Morgan fingerprint density at radius 2 is 1.86 bits per heavy atom. The van der Waals surface area contributed by atoms with Gasteiger partial charge in [0.05, 0.1) is 4.92 Å². The lowest BCUT2D eigenvalue weighted by Gasteiger charge is -2.10. The van der Waals surface area contributed by atoms with Gasteiger partial charge in [-0.05, 0) is 30.2 Å². The highest BCUT2D eigenvalue weighted by atomic mass is 16.6. The number of nitrogens with one attached hydrogen (secondary N) is 1. The topological polar surface area (TPSA) is 81.5 Å². The van der Waals surface area contributed by atoms with Crippen molar-refractivity contribution in [3.05, 3.63) is 64.2 Å². The van der Waals surface area contributed by atoms with E-state index in [2.05, 4.69) is 5.32 Å². The van der Waals surface area contributed by atoms with Crippen LogP contribution >= 0.6 is 0 Å². The number of rotatable bonds is 6. The summed E-state index contributed by atoms with van der Waals surface area (Å²) in [5.74, 6) is 0.364. The minimum Gasteiger partial charge on any atom is -0.483 e. The molecule has 0 aliphatic carbocycles. The second kappa shape index (κ2) is 7.21. The molecule has 0 atom stereocenters. The van der Waals surface area contributed by atoms with Crippen molar-refractivity contribution in [1.29, 1.82) is 0 Å². The first kappa shape index (κ1) is 15.5. The van der Waals surface area contributed by atoms with E-state index in [1.807, 2.05) is 31.2 Å². The Kier molecular flexibility index (Phi) is 5.08. The highest BCUT2D eigenvalue weighted by Crippen LogP contribution is 2.18. The first-order valence-electron chi connectivity index (χ1n) is 6.85. The van der Waals surface area contributed by atoms with E-state index in [-0.39, 0.29) is 18.2 Å². The maximum Gasteiger partial charge on any atom is 0.269 e. The lowest BCUT2D eigenvalue weighted by molar-refractivity contribution is -0.384. The molecular weight excluding hydrogens is 284 g/mol. The molecule has 1 N–H and O–H groups in total. The van der Waals surface area contributed by atoms with Crippen molar-refractivity contribution in [2.24, 2.45) is 0 Å². The third-order valence-corrected chi connectivity index (χ3v) is 3.07. The molecule has 0 bridgehead atoms. The van der Waals surface area contributed by atoms with Crippen LogP contribution in [-0.2, 0) is 11.2 Å². The minimum absolute atomic E-state index is 0.0221. The minimum atomic E-state index is -0.490. The smallest absolute Gasteiger partial charge is 0.269 e. The molecule has 6 nitrogen and oxygen atoms in total. The number of nitro groups is 1. The van der Waals surface area contributed by atoms with Gasteiger partial charge in [-0.15, -0.1) is 0 Å². The second-order valence-corrected chi connectivity index (χ2v) is 4.60. The molecule has 2 rings (SSSR count). The largest absolute Gasteiger partial charge is 0.483 e. The Labute approximate surface area is 127 Å². The van der Waals surface area contributed by atoms with Gasteiger partial charge >= 0.3 is 0 Å². The van der Waals surface area contributed by atoms with Gasteiger partial charge in [-0.2, -0.15) is 0 Å². The zero-order chi connectivity index (χ0) is 15.9. The number of benzene rings is 2. The normalized spacial score (nSPS) is 10.0. The number of nitro benzene ring substituents is 1. The SMILES string of the molecule is CCc1ccccc1OCC(=O)Nc1ccc([N+](=O)[O-])cc1. The van der Waals surface area contributed by atoms with Gasteiger partial charge in [0.25, 0.3) is 11.6 Å². The van der Waals surface area contributed by atoms with E-state index in [0.29, 0.717) is 11.4 Å². The van der Waals surface area contributed by atoms with Crippen LogP contribution in [0, 0.1) is 10.1 Å². The van der Waals surface area contributed by atoms with Crippen molar-refractivity contribution in [3.63, 3.8) is 0 Å². The number of aryl methyl sites for hydroxylation is 1. The molecule has 6 heteroatoms. The summed E-state index contributed by atoms with van der Waals surface area (Å²) >= 11 is 0. The maximum atomic E-state index is 11.8. The fourth-order valence-electron chi connectivity index (χ4n) is 1.94. The number of nitrogens with zero attached hydrogens (tertiary/aromatic N) is 1. The number of carbonyl (C=O) groups excluding carboxylic acids is 1. The Morgan fingerprint density at radius 1 is 1.18 bits per heavy atom. The van der Waals surface area contributed by atoms with Crippen LogP contribution in [0.5, 0.6) is 5.75 Å². The van der Waals surface area contributed by atoms with Crippen LogP contribution < -0.4 is 10.1 Å².